The number of pyridine rings is 1. The van der Waals surface area contributed by atoms with Gasteiger partial charge < -0.3 is 20.9 Å². The third-order valence-electron chi connectivity index (χ3n) is 4.86. The number of urea groups is 1. The lowest BCUT2D eigenvalue weighted by Crippen LogP contribution is -2.43. The van der Waals surface area contributed by atoms with E-state index in [4.69, 9.17) is 0 Å². The van der Waals surface area contributed by atoms with E-state index in [9.17, 15) is 14.4 Å². The van der Waals surface area contributed by atoms with E-state index in [0.717, 1.165) is 31.2 Å². The largest absolute Gasteiger partial charge is 0.336 e. The zero-order chi connectivity index (χ0) is 22.6. The fourth-order valence-electron chi connectivity index (χ4n) is 2.84. The third kappa shape index (κ3) is 7.67. The lowest BCUT2D eigenvalue weighted by atomic mass is 10.2. The summed E-state index contributed by atoms with van der Waals surface area (Å²) in [6, 6.07) is 3.48. The van der Waals surface area contributed by atoms with E-state index in [1.54, 1.807) is 27.9 Å². The van der Waals surface area contributed by atoms with Gasteiger partial charge in [-0.05, 0) is 31.4 Å². The van der Waals surface area contributed by atoms with Crippen LogP contribution in [0.2, 0.25) is 0 Å². The Morgan fingerprint density at radius 3 is 2.61 bits per heavy atom. The minimum Gasteiger partial charge on any atom is -0.336 e. The Morgan fingerprint density at radius 1 is 1.19 bits per heavy atom. The van der Waals surface area contributed by atoms with Gasteiger partial charge in [0.25, 0.3) is 5.91 Å². The molecule has 168 valence electrons. The van der Waals surface area contributed by atoms with Gasteiger partial charge in [0.05, 0.1) is 11.4 Å². The summed E-state index contributed by atoms with van der Waals surface area (Å²) >= 11 is 1.37. The van der Waals surface area contributed by atoms with E-state index < -0.39 is 0 Å². The number of thiophene rings is 1. The summed E-state index contributed by atoms with van der Waals surface area (Å²) in [5.74, 6) is -0.367. The van der Waals surface area contributed by atoms with Crippen molar-refractivity contribution in [3.8, 4) is 0 Å². The van der Waals surface area contributed by atoms with Crippen LogP contribution in [0.15, 0.2) is 29.1 Å². The van der Waals surface area contributed by atoms with E-state index in [1.165, 1.54) is 11.3 Å². The summed E-state index contributed by atoms with van der Waals surface area (Å²) in [5.41, 5.74) is 2.18. The first-order valence-corrected chi connectivity index (χ1v) is 11.5. The third-order valence-corrected chi connectivity index (χ3v) is 5.60. The molecule has 1 atom stereocenters. The van der Waals surface area contributed by atoms with Crippen molar-refractivity contribution < 1.29 is 14.4 Å². The van der Waals surface area contributed by atoms with Crippen LogP contribution in [0.1, 0.15) is 62.5 Å². The number of carbonyl (C=O) groups excluding carboxylic acids is 3. The van der Waals surface area contributed by atoms with Gasteiger partial charge in [-0.1, -0.05) is 32.8 Å². The predicted octanol–water partition coefficient (Wildman–Crippen LogP) is 4.46. The van der Waals surface area contributed by atoms with Crippen molar-refractivity contribution in [1.82, 2.24) is 15.2 Å². The molecule has 0 radical (unpaired) electrons. The molecule has 0 aliphatic rings. The first-order valence-electron chi connectivity index (χ1n) is 10.6. The van der Waals surface area contributed by atoms with E-state index in [1.807, 2.05) is 19.9 Å². The van der Waals surface area contributed by atoms with Gasteiger partial charge >= 0.3 is 6.03 Å². The SMILES string of the molecule is CCCCCN(Cc1ccc(C(=O)Nc2cscc2NC=O)nc1)C(=O)NC(C)CC. The van der Waals surface area contributed by atoms with Crippen LogP contribution in [0, 0.1) is 0 Å². The highest BCUT2D eigenvalue weighted by molar-refractivity contribution is 7.09. The standard InChI is InChI=1S/C22H31N5O3S/c1-4-6-7-10-27(22(30)25-16(3)5-2)12-17-8-9-18(23-11-17)21(29)26-20-14-31-13-19(20)24-15-28/h8-9,11,13-16H,4-7,10,12H2,1-3H3,(H,24,28)(H,25,30)(H,26,29). The quantitative estimate of drug-likeness (QED) is 0.331. The topological polar surface area (TPSA) is 103 Å². The zero-order valence-corrected chi connectivity index (χ0v) is 19.1. The maximum absolute atomic E-state index is 12.6. The van der Waals surface area contributed by atoms with Crippen LogP contribution in [0.4, 0.5) is 16.2 Å². The molecule has 2 aromatic rings. The number of rotatable bonds is 12. The minimum absolute atomic E-state index is 0.0834. The number of amides is 4. The fourth-order valence-corrected chi connectivity index (χ4v) is 3.56. The molecule has 2 rings (SSSR count). The first kappa shape index (κ1) is 24.3. The average Bonchev–Trinajstić information content (AvgIpc) is 3.20. The van der Waals surface area contributed by atoms with Crippen molar-refractivity contribution in [1.29, 1.82) is 0 Å². The number of hydrogen-bond acceptors (Lipinski definition) is 5. The second-order valence-corrected chi connectivity index (χ2v) is 8.10. The van der Waals surface area contributed by atoms with Crippen LogP contribution >= 0.6 is 11.3 Å². The van der Waals surface area contributed by atoms with Gasteiger partial charge in [-0.2, -0.15) is 0 Å². The van der Waals surface area contributed by atoms with Gasteiger partial charge in [0, 0.05) is 36.1 Å². The van der Waals surface area contributed by atoms with Crippen molar-refractivity contribution in [3.05, 3.63) is 40.3 Å². The molecule has 9 heteroatoms. The van der Waals surface area contributed by atoms with Crippen molar-refractivity contribution >= 4 is 41.1 Å². The molecule has 0 aliphatic heterocycles. The van der Waals surface area contributed by atoms with Gasteiger partial charge in [-0.15, -0.1) is 11.3 Å². The predicted molar refractivity (Wildman–Crippen MR) is 124 cm³/mol. The van der Waals surface area contributed by atoms with Crippen LogP contribution in [0.3, 0.4) is 0 Å². The highest BCUT2D eigenvalue weighted by Gasteiger charge is 2.16. The van der Waals surface area contributed by atoms with Gasteiger partial charge in [-0.25, -0.2) is 4.79 Å². The molecule has 3 N–H and O–H groups in total. The number of hydrogen-bond donors (Lipinski definition) is 3. The number of unbranched alkanes of at least 4 members (excludes halogenated alkanes) is 2. The highest BCUT2D eigenvalue weighted by Crippen LogP contribution is 2.26. The lowest BCUT2D eigenvalue weighted by Gasteiger charge is -2.25. The Morgan fingerprint density at radius 2 is 1.97 bits per heavy atom. The Balaban J connectivity index is 2.03. The monoisotopic (exact) mass is 445 g/mol. The molecule has 2 heterocycles. The molecule has 31 heavy (non-hydrogen) atoms. The number of carbonyl (C=O) groups is 3. The summed E-state index contributed by atoms with van der Waals surface area (Å²) in [5, 5.41) is 11.8. The maximum atomic E-state index is 12.6. The highest BCUT2D eigenvalue weighted by atomic mass is 32.1. The minimum atomic E-state index is -0.367. The number of nitrogens with one attached hydrogen (secondary N) is 3. The molecular formula is C22H31N5O3S. The molecule has 1 unspecified atom stereocenters. The van der Waals surface area contributed by atoms with Gasteiger partial charge in [0.1, 0.15) is 5.69 Å². The lowest BCUT2D eigenvalue weighted by molar-refractivity contribution is -0.105. The van der Waals surface area contributed by atoms with Crippen LogP contribution in [-0.4, -0.2) is 40.8 Å². The van der Waals surface area contributed by atoms with Gasteiger partial charge in [-0.3, -0.25) is 14.6 Å². The Hall–Kier alpha value is -2.94. The van der Waals surface area contributed by atoms with E-state index in [2.05, 4.69) is 27.9 Å². The molecule has 0 aliphatic carbocycles. The van der Waals surface area contributed by atoms with Gasteiger partial charge in [0.15, 0.2) is 0 Å². The van der Waals surface area contributed by atoms with E-state index >= 15 is 0 Å². The first-order chi connectivity index (χ1) is 15.0. The maximum Gasteiger partial charge on any atom is 0.317 e. The molecule has 0 fully saturated rings. The van der Waals surface area contributed by atoms with Crippen LogP contribution in [0.5, 0.6) is 0 Å². The Bertz CT molecular complexity index is 853. The molecule has 2 aromatic heterocycles. The molecule has 8 nitrogen and oxygen atoms in total. The number of anilines is 2. The van der Waals surface area contributed by atoms with Crippen LogP contribution < -0.4 is 16.0 Å². The van der Waals surface area contributed by atoms with Crippen molar-refractivity contribution in [2.45, 2.75) is 59.0 Å². The molecule has 0 bridgehead atoms. The molecule has 0 saturated heterocycles. The summed E-state index contributed by atoms with van der Waals surface area (Å²) in [6.45, 7) is 7.25. The summed E-state index contributed by atoms with van der Waals surface area (Å²) in [4.78, 5) is 41.8. The molecular weight excluding hydrogens is 414 g/mol. The molecule has 0 aromatic carbocycles. The zero-order valence-electron chi connectivity index (χ0n) is 18.3. The Kier molecular flexibility index (Phi) is 9.96. The number of aromatic nitrogens is 1. The summed E-state index contributed by atoms with van der Waals surface area (Å²) in [7, 11) is 0. The molecule has 0 saturated carbocycles. The van der Waals surface area contributed by atoms with Crippen molar-refractivity contribution in [2.24, 2.45) is 0 Å². The van der Waals surface area contributed by atoms with Crippen molar-refractivity contribution in [2.75, 3.05) is 17.2 Å². The fraction of sp³-hybridized carbons (Fsp3) is 0.455. The summed E-state index contributed by atoms with van der Waals surface area (Å²) < 4.78 is 0. The number of nitrogens with zero attached hydrogens (tertiary/aromatic N) is 2. The normalized spacial score (nSPS) is 11.5. The second-order valence-electron chi connectivity index (χ2n) is 7.35. The van der Waals surface area contributed by atoms with Crippen LogP contribution in [-0.2, 0) is 11.3 Å². The average molecular weight is 446 g/mol. The van der Waals surface area contributed by atoms with Crippen LogP contribution in [0.25, 0.3) is 0 Å². The molecule has 0 spiro atoms. The summed E-state index contributed by atoms with van der Waals surface area (Å²) in [6.07, 6.45) is 6.14. The van der Waals surface area contributed by atoms with Gasteiger partial charge in [0.2, 0.25) is 6.41 Å². The molecule has 4 amide bonds. The van der Waals surface area contributed by atoms with E-state index in [-0.39, 0.29) is 23.7 Å². The Labute approximate surface area is 187 Å². The second kappa shape index (κ2) is 12.7. The smallest absolute Gasteiger partial charge is 0.317 e. The van der Waals surface area contributed by atoms with E-state index in [0.29, 0.717) is 30.9 Å². The van der Waals surface area contributed by atoms with Crippen molar-refractivity contribution in [3.63, 3.8) is 0 Å².